The SMILES string of the molecule is CCCCN(CC(F)(F)F)C(=O)c1cc(S(=O)(=O)N2CCCCCC2)ccc1OC. The first-order valence-electron chi connectivity index (χ1n) is 10.1. The molecule has 1 amide bonds. The van der Waals surface area contributed by atoms with Crippen molar-refractivity contribution in [3.63, 3.8) is 0 Å². The molecule has 0 bridgehead atoms. The summed E-state index contributed by atoms with van der Waals surface area (Å²) in [5.74, 6) is -0.857. The third-order valence-corrected chi connectivity index (χ3v) is 6.94. The molecular weight excluding hydrogens is 421 g/mol. The minimum Gasteiger partial charge on any atom is -0.496 e. The molecule has 0 spiro atoms. The van der Waals surface area contributed by atoms with Gasteiger partial charge in [-0.1, -0.05) is 26.2 Å². The maximum atomic E-state index is 13.1. The summed E-state index contributed by atoms with van der Waals surface area (Å²) in [6.07, 6.45) is -0.163. The number of hydrogen-bond donors (Lipinski definition) is 0. The number of hydrogen-bond acceptors (Lipinski definition) is 4. The van der Waals surface area contributed by atoms with Crippen molar-refractivity contribution in [2.75, 3.05) is 33.3 Å². The molecule has 2 rings (SSSR count). The number of carbonyl (C=O) groups is 1. The highest BCUT2D eigenvalue weighted by molar-refractivity contribution is 7.89. The third kappa shape index (κ3) is 6.34. The Kier molecular flexibility index (Phi) is 8.54. The lowest BCUT2D eigenvalue weighted by Gasteiger charge is -2.25. The van der Waals surface area contributed by atoms with E-state index in [1.54, 1.807) is 0 Å². The quantitative estimate of drug-likeness (QED) is 0.599. The zero-order valence-corrected chi connectivity index (χ0v) is 18.2. The Morgan fingerprint density at radius 1 is 1.17 bits per heavy atom. The smallest absolute Gasteiger partial charge is 0.406 e. The average molecular weight is 451 g/mol. The van der Waals surface area contributed by atoms with Crippen LogP contribution in [0.2, 0.25) is 0 Å². The van der Waals surface area contributed by atoms with Crippen molar-refractivity contribution >= 4 is 15.9 Å². The molecule has 1 aliphatic rings. The summed E-state index contributed by atoms with van der Waals surface area (Å²) in [6, 6.07) is 3.79. The van der Waals surface area contributed by atoms with Crippen LogP contribution in [0.4, 0.5) is 13.2 Å². The molecule has 1 aliphatic heterocycles. The van der Waals surface area contributed by atoms with Crippen LogP contribution in [0.5, 0.6) is 5.75 Å². The number of carbonyl (C=O) groups excluding carboxylic acids is 1. The first-order chi connectivity index (χ1) is 14.1. The van der Waals surface area contributed by atoms with Gasteiger partial charge >= 0.3 is 6.18 Å². The molecule has 1 aromatic carbocycles. The van der Waals surface area contributed by atoms with Gasteiger partial charge in [-0.3, -0.25) is 4.79 Å². The van der Waals surface area contributed by atoms with Gasteiger partial charge in [0.1, 0.15) is 12.3 Å². The summed E-state index contributed by atoms with van der Waals surface area (Å²) in [7, 11) is -2.57. The van der Waals surface area contributed by atoms with E-state index >= 15 is 0 Å². The minimum absolute atomic E-state index is 0.0403. The molecule has 0 unspecified atom stereocenters. The Balaban J connectivity index is 2.41. The van der Waals surface area contributed by atoms with Gasteiger partial charge in [0.2, 0.25) is 10.0 Å². The van der Waals surface area contributed by atoms with Crippen molar-refractivity contribution in [2.45, 2.75) is 56.5 Å². The molecule has 0 saturated carbocycles. The van der Waals surface area contributed by atoms with Gasteiger partial charge in [-0.2, -0.15) is 17.5 Å². The Morgan fingerprint density at radius 2 is 1.80 bits per heavy atom. The predicted molar refractivity (Wildman–Crippen MR) is 107 cm³/mol. The Labute approximate surface area is 176 Å². The van der Waals surface area contributed by atoms with Crippen molar-refractivity contribution < 1.29 is 31.1 Å². The number of halogens is 3. The molecule has 6 nitrogen and oxygen atoms in total. The largest absolute Gasteiger partial charge is 0.496 e. The zero-order chi connectivity index (χ0) is 22.4. The average Bonchev–Trinajstić information content (AvgIpc) is 2.99. The van der Waals surface area contributed by atoms with Crippen LogP contribution in [0.3, 0.4) is 0 Å². The number of nitrogens with zero attached hydrogens (tertiary/aromatic N) is 2. The van der Waals surface area contributed by atoms with Crippen molar-refractivity contribution in [1.29, 1.82) is 0 Å². The van der Waals surface area contributed by atoms with Crippen LogP contribution in [-0.2, 0) is 10.0 Å². The van der Waals surface area contributed by atoms with Gasteiger partial charge in [0.25, 0.3) is 5.91 Å². The monoisotopic (exact) mass is 450 g/mol. The second-order valence-corrected chi connectivity index (χ2v) is 9.31. The molecule has 1 aromatic rings. The van der Waals surface area contributed by atoms with Gasteiger partial charge < -0.3 is 9.64 Å². The van der Waals surface area contributed by atoms with E-state index < -0.39 is 28.7 Å². The highest BCUT2D eigenvalue weighted by Gasteiger charge is 2.34. The van der Waals surface area contributed by atoms with Crippen molar-refractivity contribution in [2.24, 2.45) is 0 Å². The van der Waals surface area contributed by atoms with Crippen LogP contribution in [0.1, 0.15) is 55.8 Å². The van der Waals surface area contributed by atoms with E-state index in [1.807, 2.05) is 6.92 Å². The molecule has 0 N–H and O–H groups in total. The number of alkyl halides is 3. The molecule has 30 heavy (non-hydrogen) atoms. The second kappa shape index (κ2) is 10.5. The molecule has 0 radical (unpaired) electrons. The number of benzene rings is 1. The van der Waals surface area contributed by atoms with Gasteiger partial charge in [-0.05, 0) is 37.5 Å². The summed E-state index contributed by atoms with van der Waals surface area (Å²) < 4.78 is 71.7. The lowest BCUT2D eigenvalue weighted by molar-refractivity contribution is -0.140. The number of methoxy groups -OCH3 is 1. The van der Waals surface area contributed by atoms with Gasteiger partial charge in [0.15, 0.2) is 0 Å². The second-order valence-electron chi connectivity index (χ2n) is 7.38. The van der Waals surface area contributed by atoms with Crippen molar-refractivity contribution in [3.8, 4) is 5.75 Å². The standard InChI is InChI=1S/C20H29F3N2O4S/c1-3-4-11-24(15-20(21,22)23)19(26)17-14-16(9-10-18(17)29-2)30(27,28)25-12-7-5-6-8-13-25/h9-10,14H,3-8,11-13,15H2,1-2H3. The summed E-state index contributed by atoms with van der Waals surface area (Å²) in [6.45, 7) is 1.09. The highest BCUT2D eigenvalue weighted by Crippen LogP contribution is 2.28. The minimum atomic E-state index is -4.56. The van der Waals surface area contributed by atoms with E-state index in [-0.39, 0.29) is 22.8 Å². The zero-order valence-electron chi connectivity index (χ0n) is 17.4. The molecular formula is C20H29F3N2O4S. The number of ether oxygens (including phenoxy) is 1. The molecule has 0 atom stereocenters. The van der Waals surface area contributed by atoms with E-state index in [2.05, 4.69) is 0 Å². The van der Waals surface area contributed by atoms with Gasteiger partial charge in [0.05, 0.1) is 17.6 Å². The fourth-order valence-corrected chi connectivity index (χ4v) is 4.98. The lowest BCUT2D eigenvalue weighted by atomic mass is 10.1. The van der Waals surface area contributed by atoms with Crippen molar-refractivity contribution in [1.82, 2.24) is 9.21 Å². The normalized spacial score (nSPS) is 16.2. The Hall–Kier alpha value is -1.81. The van der Waals surface area contributed by atoms with Crippen LogP contribution in [0.15, 0.2) is 23.1 Å². The lowest BCUT2D eigenvalue weighted by Crippen LogP contribution is -2.40. The highest BCUT2D eigenvalue weighted by atomic mass is 32.2. The van der Waals surface area contributed by atoms with Crippen molar-refractivity contribution in [3.05, 3.63) is 23.8 Å². The molecule has 1 fully saturated rings. The summed E-state index contributed by atoms with van der Waals surface area (Å²) >= 11 is 0. The van der Waals surface area contributed by atoms with Gasteiger partial charge in [-0.25, -0.2) is 8.42 Å². The third-order valence-electron chi connectivity index (χ3n) is 5.04. The van der Waals surface area contributed by atoms with Crippen LogP contribution < -0.4 is 4.74 Å². The first-order valence-corrected chi connectivity index (χ1v) is 11.6. The van der Waals surface area contributed by atoms with Gasteiger partial charge in [-0.15, -0.1) is 0 Å². The number of rotatable bonds is 8. The molecule has 1 heterocycles. The molecule has 10 heteroatoms. The number of sulfonamides is 1. The molecule has 0 aromatic heterocycles. The van der Waals surface area contributed by atoms with Crippen LogP contribution in [0.25, 0.3) is 0 Å². The van der Waals surface area contributed by atoms with Crippen LogP contribution in [-0.4, -0.2) is 63.0 Å². The molecule has 0 aliphatic carbocycles. The van der Waals surface area contributed by atoms with E-state index in [0.717, 1.165) is 31.7 Å². The number of amides is 1. The first kappa shape index (κ1) is 24.5. The van der Waals surface area contributed by atoms with E-state index in [1.165, 1.54) is 23.5 Å². The van der Waals surface area contributed by atoms with E-state index in [9.17, 15) is 26.4 Å². The maximum Gasteiger partial charge on any atom is 0.406 e. The fourth-order valence-electron chi connectivity index (χ4n) is 3.43. The van der Waals surface area contributed by atoms with Gasteiger partial charge in [0, 0.05) is 19.6 Å². The summed E-state index contributed by atoms with van der Waals surface area (Å²) in [4.78, 5) is 13.5. The molecule has 170 valence electrons. The van der Waals surface area contributed by atoms with E-state index in [0.29, 0.717) is 30.8 Å². The summed E-state index contributed by atoms with van der Waals surface area (Å²) in [5.41, 5.74) is -0.186. The van der Waals surface area contributed by atoms with E-state index in [4.69, 9.17) is 4.74 Å². The number of unbranched alkanes of at least 4 members (excludes halogenated alkanes) is 1. The predicted octanol–water partition coefficient (Wildman–Crippen LogP) is 4.06. The fraction of sp³-hybridized carbons (Fsp3) is 0.650. The Bertz CT molecular complexity index is 820. The summed E-state index contributed by atoms with van der Waals surface area (Å²) in [5, 5.41) is 0. The molecule has 1 saturated heterocycles. The van der Waals surface area contributed by atoms with Crippen LogP contribution in [0, 0.1) is 0 Å². The van der Waals surface area contributed by atoms with Crippen LogP contribution >= 0.6 is 0 Å². The Morgan fingerprint density at radius 3 is 2.33 bits per heavy atom. The topological polar surface area (TPSA) is 66.9 Å². The maximum absolute atomic E-state index is 13.1.